The summed E-state index contributed by atoms with van der Waals surface area (Å²) in [4.78, 5) is 0. The van der Waals surface area contributed by atoms with E-state index in [9.17, 15) is 5.02 Å². The Kier molecular flexibility index (Phi) is 6.08. The average Bonchev–Trinajstić information content (AvgIpc) is 2.59. The molecule has 0 bridgehead atoms. The molecule has 0 saturated heterocycles. The second-order valence-corrected chi connectivity index (χ2v) is 5.98. The Hall–Kier alpha value is -1.74. The second-order valence-electron chi connectivity index (χ2n) is 5.98. The Morgan fingerprint density at radius 2 is 1.68 bits per heavy atom. The van der Waals surface area contributed by atoms with E-state index in [-0.39, 0.29) is 5.82 Å². The molecule has 3 heteroatoms. The maximum atomic E-state index is 10.9. The van der Waals surface area contributed by atoms with Crippen LogP contribution in [0.1, 0.15) is 38.1 Å². The molecule has 0 aliphatic rings. The lowest BCUT2D eigenvalue weighted by molar-refractivity contribution is 0.415. The van der Waals surface area contributed by atoms with E-state index in [1.165, 1.54) is 5.56 Å². The summed E-state index contributed by atoms with van der Waals surface area (Å²) in [5, 5.41) is 10.9. The van der Waals surface area contributed by atoms with Gasteiger partial charge in [-0.25, -0.2) is 0 Å². The smallest absolute Gasteiger partial charge is 0.331 e. The van der Waals surface area contributed by atoms with Crippen LogP contribution in [0.4, 0.5) is 0 Å². The minimum absolute atomic E-state index is 0.115. The second kappa shape index (κ2) is 8.04. The molecular weight excluding hydrogens is 271 g/mol. The Balaban J connectivity index is 2.26. The van der Waals surface area contributed by atoms with E-state index in [1.54, 1.807) is 7.11 Å². The number of benzene rings is 2. The summed E-state index contributed by atoms with van der Waals surface area (Å²) in [6.07, 6.45) is 2.10. The highest BCUT2D eigenvalue weighted by Gasteiger charge is 2.28. The molecule has 0 saturated carbocycles. The molecule has 2 atom stereocenters. The van der Waals surface area contributed by atoms with Crippen LogP contribution >= 0.6 is 0 Å². The lowest BCUT2D eigenvalue weighted by Crippen LogP contribution is -2.37. The summed E-state index contributed by atoms with van der Waals surface area (Å²) >= 11 is 0. The van der Waals surface area contributed by atoms with Gasteiger partial charge in [-0.2, -0.15) is 0 Å². The summed E-state index contributed by atoms with van der Waals surface area (Å²) in [5.41, 5.74) is 2.14. The predicted molar refractivity (Wildman–Crippen MR) is 93.9 cm³/mol. The average molecular weight is 296 g/mol. The molecule has 0 amide bonds. The van der Waals surface area contributed by atoms with Gasteiger partial charge in [0.2, 0.25) is 0 Å². The molecule has 116 valence electrons. The third-order valence-corrected chi connectivity index (χ3v) is 4.42. The first-order chi connectivity index (χ1) is 10.7. The van der Waals surface area contributed by atoms with Crippen molar-refractivity contribution in [3.05, 3.63) is 60.2 Å². The van der Waals surface area contributed by atoms with Crippen molar-refractivity contribution in [3.8, 4) is 5.75 Å². The zero-order chi connectivity index (χ0) is 15.9. The molecular formula is C19H25BO2. The van der Waals surface area contributed by atoms with Gasteiger partial charge in [0.05, 0.1) is 7.11 Å². The highest BCUT2D eigenvalue weighted by atomic mass is 16.5. The standard InChI is InChI=1S/C19H25BO2/c1-4-15(2)14-19(16-8-6-5-7-9-16)20(21)17-10-12-18(22-3)13-11-17/h5-13,15,19,21H,4,14H2,1-3H3. The summed E-state index contributed by atoms with van der Waals surface area (Å²) in [6, 6.07) is 18.0. The first kappa shape index (κ1) is 16.6. The van der Waals surface area contributed by atoms with Gasteiger partial charge in [-0.3, -0.25) is 0 Å². The van der Waals surface area contributed by atoms with Crippen molar-refractivity contribution in [1.29, 1.82) is 0 Å². The van der Waals surface area contributed by atoms with Gasteiger partial charge in [-0.15, -0.1) is 0 Å². The fraction of sp³-hybridized carbons (Fsp3) is 0.368. The molecule has 2 nitrogen and oxygen atoms in total. The number of hydrogen-bond donors (Lipinski definition) is 1. The molecule has 2 aromatic rings. The third-order valence-electron chi connectivity index (χ3n) is 4.42. The van der Waals surface area contributed by atoms with Gasteiger partial charge in [-0.1, -0.05) is 62.7 Å². The molecule has 2 rings (SSSR count). The molecule has 2 unspecified atom stereocenters. The fourth-order valence-electron chi connectivity index (χ4n) is 2.78. The van der Waals surface area contributed by atoms with Gasteiger partial charge in [-0.05, 0) is 41.3 Å². The Bertz CT molecular complexity index is 553. The van der Waals surface area contributed by atoms with E-state index in [0.29, 0.717) is 5.92 Å². The first-order valence-electron chi connectivity index (χ1n) is 8.02. The van der Waals surface area contributed by atoms with Crippen LogP contribution in [0.5, 0.6) is 5.75 Å². The summed E-state index contributed by atoms with van der Waals surface area (Å²) < 4.78 is 5.19. The summed E-state index contributed by atoms with van der Waals surface area (Å²) in [6.45, 7) is 3.95. The number of ether oxygens (including phenoxy) is 1. The van der Waals surface area contributed by atoms with E-state index < -0.39 is 6.92 Å². The maximum Gasteiger partial charge on any atom is 0.331 e. The van der Waals surface area contributed by atoms with Crippen LogP contribution in [-0.4, -0.2) is 19.0 Å². The van der Waals surface area contributed by atoms with E-state index in [2.05, 4.69) is 26.0 Å². The summed E-state index contributed by atoms with van der Waals surface area (Å²) in [7, 11) is 1.65. The zero-order valence-corrected chi connectivity index (χ0v) is 13.7. The monoisotopic (exact) mass is 296 g/mol. The van der Waals surface area contributed by atoms with Gasteiger partial charge in [0.15, 0.2) is 0 Å². The molecule has 1 N–H and O–H groups in total. The molecule has 0 aromatic heterocycles. The van der Waals surface area contributed by atoms with Crippen molar-refractivity contribution in [2.24, 2.45) is 5.92 Å². The highest BCUT2D eigenvalue weighted by Crippen LogP contribution is 2.27. The molecule has 0 radical (unpaired) electrons. The molecule has 2 aromatic carbocycles. The van der Waals surface area contributed by atoms with E-state index >= 15 is 0 Å². The van der Waals surface area contributed by atoms with Gasteiger partial charge in [0, 0.05) is 0 Å². The normalized spacial score (nSPS) is 13.5. The van der Waals surface area contributed by atoms with Crippen LogP contribution in [0.3, 0.4) is 0 Å². The summed E-state index contributed by atoms with van der Waals surface area (Å²) in [5.74, 6) is 1.51. The minimum Gasteiger partial charge on any atom is -0.497 e. The van der Waals surface area contributed by atoms with Crippen molar-refractivity contribution in [2.75, 3.05) is 7.11 Å². The maximum absolute atomic E-state index is 10.9. The molecule has 0 spiro atoms. The van der Waals surface area contributed by atoms with Gasteiger partial charge < -0.3 is 9.76 Å². The minimum atomic E-state index is -0.498. The van der Waals surface area contributed by atoms with E-state index in [4.69, 9.17) is 4.74 Å². The Morgan fingerprint density at radius 1 is 1.05 bits per heavy atom. The van der Waals surface area contributed by atoms with E-state index in [0.717, 1.165) is 24.1 Å². The first-order valence-corrected chi connectivity index (χ1v) is 8.02. The van der Waals surface area contributed by atoms with Crippen molar-refractivity contribution in [2.45, 2.75) is 32.5 Å². The molecule has 0 heterocycles. The van der Waals surface area contributed by atoms with Gasteiger partial charge >= 0.3 is 6.92 Å². The van der Waals surface area contributed by atoms with Crippen molar-refractivity contribution in [1.82, 2.24) is 0 Å². The predicted octanol–water partition coefficient (Wildman–Crippen LogP) is 3.65. The number of rotatable bonds is 7. The van der Waals surface area contributed by atoms with Crippen LogP contribution in [0.25, 0.3) is 0 Å². The van der Waals surface area contributed by atoms with Crippen LogP contribution in [0.2, 0.25) is 0 Å². The van der Waals surface area contributed by atoms with Crippen LogP contribution in [0, 0.1) is 5.92 Å². The zero-order valence-electron chi connectivity index (χ0n) is 13.7. The van der Waals surface area contributed by atoms with Crippen LogP contribution < -0.4 is 10.2 Å². The fourth-order valence-corrected chi connectivity index (χ4v) is 2.78. The van der Waals surface area contributed by atoms with Gasteiger partial charge in [0.25, 0.3) is 0 Å². The Morgan fingerprint density at radius 3 is 2.23 bits per heavy atom. The van der Waals surface area contributed by atoms with Crippen molar-refractivity contribution in [3.63, 3.8) is 0 Å². The highest BCUT2D eigenvalue weighted by molar-refractivity contribution is 6.67. The molecule has 0 aliphatic carbocycles. The quantitative estimate of drug-likeness (QED) is 0.790. The van der Waals surface area contributed by atoms with Crippen LogP contribution in [-0.2, 0) is 0 Å². The molecule has 22 heavy (non-hydrogen) atoms. The van der Waals surface area contributed by atoms with E-state index in [1.807, 2.05) is 42.5 Å². The molecule has 0 aliphatic heterocycles. The van der Waals surface area contributed by atoms with Crippen molar-refractivity contribution >= 4 is 12.4 Å². The van der Waals surface area contributed by atoms with Crippen molar-refractivity contribution < 1.29 is 9.76 Å². The SMILES string of the molecule is CCC(C)CC(B(O)c1ccc(OC)cc1)c1ccccc1. The van der Waals surface area contributed by atoms with Crippen LogP contribution in [0.15, 0.2) is 54.6 Å². The lowest BCUT2D eigenvalue weighted by atomic mass is 9.48. The third kappa shape index (κ3) is 4.14. The van der Waals surface area contributed by atoms with Gasteiger partial charge in [0.1, 0.15) is 5.75 Å². The number of hydrogen-bond acceptors (Lipinski definition) is 2. The largest absolute Gasteiger partial charge is 0.497 e. The molecule has 0 fully saturated rings. The number of methoxy groups -OCH3 is 1. The topological polar surface area (TPSA) is 29.5 Å². The lowest BCUT2D eigenvalue weighted by Gasteiger charge is -2.24. The Labute approximate surface area is 134 Å².